The van der Waals surface area contributed by atoms with Gasteiger partial charge in [-0.1, -0.05) is 6.92 Å². The number of aryl methyl sites for hydroxylation is 1. The fraction of sp³-hybridized carbons (Fsp3) is 0.438. The lowest BCUT2D eigenvalue weighted by atomic mass is 9.98. The van der Waals surface area contributed by atoms with E-state index in [0.717, 1.165) is 25.0 Å². The van der Waals surface area contributed by atoms with Gasteiger partial charge in [-0.05, 0) is 43.1 Å². The van der Waals surface area contributed by atoms with Crippen LogP contribution in [0.4, 0.5) is 13.2 Å². The second-order valence-electron chi connectivity index (χ2n) is 5.28. The van der Waals surface area contributed by atoms with Crippen molar-refractivity contribution in [1.29, 1.82) is 0 Å². The zero-order chi connectivity index (χ0) is 17.2. The molecule has 0 bridgehead atoms. The monoisotopic (exact) mass is 343 g/mol. The molecule has 0 unspecified atom stereocenters. The minimum Gasteiger partial charge on any atom is -0.294 e. The minimum atomic E-state index is -4.56. The molecule has 0 aromatic carbocycles. The fourth-order valence-electron chi connectivity index (χ4n) is 2.06. The van der Waals surface area contributed by atoms with E-state index >= 15 is 0 Å². The number of alkyl halides is 3. The van der Waals surface area contributed by atoms with Crippen molar-refractivity contribution in [3.05, 3.63) is 40.1 Å². The molecule has 0 amide bonds. The highest BCUT2D eigenvalue weighted by molar-refractivity contribution is 8.02. The second kappa shape index (κ2) is 6.86. The number of thioether (sulfide) groups is 1. The van der Waals surface area contributed by atoms with Crippen LogP contribution in [0.5, 0.6) is 0 Å². The molecule has 7 heteroatoms. The first-order valence-electron chi connectivity index (χ1n) is 7.21. The van der Waals surface area contributed by atoms with Crippen molar-refractivity contribution >= 4 is 23.3 Å². The average Bonchev–Trinajstić information content (AvgIpc) is 3.30. The Hall–Kier alpha value is -1.63. The Kier molecular flexibility index (Phi) is 5.29. The molecule has 1 aliphatic rings. The number of carbonyl (C=O) groups is 2. The Balaban J connectivity index is 2.34. The van der Waals surface area contributed by atoms with Crippen molar-refractivity contribution in [2.24, 2.45) is 5.92 Å². The van der Waals surface area contributed by atoms with Gasteiger partial charge >= 0.3 is 6.18 Å². The van der Waals surface area contributed by atoms with Gasteiger partial charge in [0.1, 0.15) is 5.69 Å². The molecule has 1 aromatic heterocycles. The predicted molar refractivity (Wildman–Crippen MR) is 82.3 cm³/mol. The van der Waals surface area contributed by atoms with Crippen LogP contribution < -0.4 is 0 Å². The summed E-state index contributed by atoms with van der Waals surface area (Å²) in [5.41, 5.74) is -0.992. The van der Waals surface area contributed by atoms with Crippen LogP contribution in [0, 0.1) is 12.8 Å². The number of carbonyl (C=O) groups excluding carboxylic acids is 2. The summed E-state index contributed by atoms with van der Waals surface area (Å²) in [6.07, 6.45) is -3.05. The van der Waals surface area contributed by atoms with Gasteiger partial charge in [0.2, 0.25) is 0 Å². The van der Waals surface area contributed by atoms with E-state index in [1.165, 1.54) is 24.1 Å². The summed E-state index contributed by atoms with van der Waals surface area (Å²) in [5.74, 6) is -0.221. The van der Waals surface area contributed by atoms with Gasteiger partial charge in [-0.15, -0.1) is 11.8 Å². The lowest BCUT2D eigenvalue weighted by molar-refractivity contribution is -0.141. The van der Waals surface area contributed by atoms with Crippen molar-refractivity contribution in [2.45, 2.75) is 32.9 Å². The molecule has 0 N–H and O–H groups in total. The number of aromatic nitrogens is 1. The Labute approximate surface area is 136 Å². The smallest absolute Gasteiger partial charge is 0.294 e. The van der Waals surface area contributed by atoms with Gasteiger partial charge in [0.05, 0.1) is 5.57 Å². The average molecular weight is 343 g/mol. The maximum absolute atomic E-state index is 12.7. The van der Waals surface area contributed by atoms with E-state index in [-0.39, 0.29) is 28.5 Å². The normalized spacial score (nSPS) is 15.6. The van der Waals surface area contributed by atoms with Crippen LogP contribution in [0.3, 0.4) is 0 Å². The molecule has 2 rings (SSSR count). The van der Waals surface area contributed by atoms with Gasteiger partial charge in [-0.3, -0.25) is 9.59 Å². The standard InChI is InChI=1S/C16H16F3NO2S/c1-3-23-8-12(14(21)10-4-5-10)15(22)11-6-7-13(16(17,18)19)20-9(11)2/h6-8,10H,3-5H2,1-2H3. The van der Waals surface area contributed by atoms with Crippen LogP contribution in [-0.4, -0.2) is 22.3 Å². The number of rotatable bonds is 6. The highest BCUT2D eigenvalue weighted by Crippen LogP contribution is 2.34. The zero-order valence-electron chi connectivity index (χ0n) is 12.7. The summed E-state index contributed by atoms with van der Waals surface area (Å²) in [5, 5.41) is 1.51. The highest BCUT2D eigenvalue weighted by atomic mass is 32.2. The van der Waals surface area contributed by atoms with E-state index in [1.807, 2.05) is 6.92 Å². The van der Waals surface area contributed by atoms with Crippen LogP contribution in [0.25, 0.3) is 0 Å². The predicted octanol–water partition coefficient (Wildman–Crippen LogP) is 4.21. The molecule has 1 fully saturated rings. The first kappa shape index (κ1) is 17.7. The molecule has 3 nitrogen and oxygen atoms in total. The van der Waals surface area contributed by atoms with Crippen LogP contribution in [0.15, 0.2) is 23.1 Å². The third-order valence-corrected chi connectivity index (χ3v) is 4.18. The van der Waals surface area contributed by atoms with Gasteiger partial charge in [0, 0.05) is 17.2 Å². The van der Waals surface area contributed by atoms with Gasteiger partial charge in [-0.2, -0.15) is 13.2 Å². The van der Waals surface area contributed by atoms with Crippen LogP contribution >= 0.6 is 11.8 Å². The van der Waals surface area contributed by atoms with Crippen molar-refractivity contribution in [3.8, 4) is 0 Å². The molecule has 0 saturated heterocycles. The topological polar surface area (TPSA) is 47.0 Å². The van der Waals surface area contributed by atoms with Crippen LogP contribution in [0.2, 0.25) is 0 Å². The number of pyridine rings is 1. The Morgan fingerprint density at radius 2 is 2.00 bits per heavy atom. The molecule has 0 spiro atoms. The molecule has 23 heavy (non-hydrogen) atoms. The summed E-state index contributed by atoms with van der Waals surface area (Å²) >= 11 is 1.32. The molecule has 1 heterocycles. The number of halogens is 3. The van der Waals surface area contributed by atoms with Crippen molar-refractivity contribution < 1.29 is 22.8 Å². The molecule has 1 aromatic rings. The Morgan fingerprint density at radius 3 is 2.48 bits per heavy atom. The third-order valence-electron chi connectivity index (χ3n) is 3.45. The van der Waals surface area contributed by atoms with Crippen LogP contribution in [0.1, 0.15) is 41.5 Å². The number of allylic oxidation sites excluding steroid dienone is 1. The quantitative estimate of drug-likeness (QED) is 0.336. The maximum Gasteiger partial charge on any atom is 0.433 e. The molecule has 0 radical (unpaired) electrons. The zero-order valence-corrected chi connectivity index (χ0v) is 13.6. The summed E-state index contributed by atoms with van der Waals surface area (Å²) in [6, 6.07) is 1.87. The van der Waals surface area contributed by atoms with Crippen molar-refractivity contribution in [3.63, 3.8) is 0 Å². The summed E-state index contributed by atoms with van der Waals surface area (Å²) in [4.78, 5) is 28.3. The molecule has 1 saturated carbocycles. The molecule has 1 aliphatic carbocycles. The summed E-state index contributed by atoms with van der Waals surface area (Å²) in [7, 11) is 0. The number of ketones is 2. The van der Waals surface area contributed by atoms with E-state index < -0.39 is 17.7 Å². The lowest BCUT2D eigenvalue weighted by Crippen LogP contribution is -2.17. The summed E-state index contributed by atoms with van der Waals surface area (Å²) in [6.45, 7) is 3.23. The first-order chi connectivity index (χ1) is 10.8. The van der Waals surface area contributed by atoms with E-state index in [2.05, 4.69) is 4.98 Å². The second-order valence-corrected chi connectivity index (χ2v) is 6.43. The largest absolute Gasteiger partial charge is 0.433 e. The number of hydrogen-bond acceptors (Lipinski definition) is 4. The molecular weight excluding hydrogens is 327 g/mol. The van der Waals surface area contributed by atoms with Crippen LogP contribution in [-0.2, 0) is 11.0 Å². The van der Waals surface area contributed by atoms with Gasteiger partial charge in [0.25, 0.3) is 0 Å². The third kappa shape index (κ3) is 4.22. The fourth-order valence-corrected chi connectivity index (χ4v) is 2.62. The molecule has 124 valence electrons. The van der Waals surface area contributed by atoms with Gasteiger partial charge in [0.15, 0.2) is 11.6 Å². The SMILES string of the molecule is CCSC=C(C(=O)c1ccc(C(F)(F)F)nc1C)C(=O)C1CC1. The molecular formula is C16H16F3NO2S. The van der Waals surface area contributed by atoms with E-state index in [1.54, 1.807) is 0 Å². The minimum absolute atomic E-state index is 0.0270. The lowest BCUT2D eigenvalue weighted by Gasteiger charge is -2.11. The Morgan fingerprint density at radius 1 is 1.35 bits per heavy atom. The number of Topliss-reactive ketones (excluding diaryl/α,β-unsaturated/α-hetero) is 2. The number of hydrogen-bond donors (Lipinski definition) is 0. The van der Waals surface area contributed by atoms with E-state index in [9.17, 15) is 22.8 Å². The van der Waals surface area contributed by atoms with Crippen molar-refractivity contribution in [1.82, 2.24) is 4.98 Å². The highest BCUT2D eigenvalue weighted by Gasteiger charge is 2.36. The van der Waals surface area contributed by atoms with Crippen molar-refractivity contribution in [2.75, 3.05) is 5.75 Å². The van der Waals surface area contributed by atoms with Gasteiger partial charge < -0.3 is 0 Å². The first-order valence-corrected chi connectivity index (χ1v) is 8.26. The molecule has 0 atom stereocenters. The summed E-state index contributed by atoms with van der Waals surface area (Å²) < 4.78 is 38.0. The van der Waals surface area contributed by atoms with Gasteiger partial charge in [-0.25, -0.2) is 4.98 Å². The number of nitrogens with zero attached hydrogens (tertiary/aromatic N) is 1. The van der Waals surface area contributed by atoms with E-state index in [0.29, 0.717) is 5.75 Å². The maximum atomic E-state index is 12.7. The van der Waals surface area contributed by atoms with E-state index in [4.69, 9.17) is 0 Å². The Bertz CT molecular complexity index is 664. The molecule has 0 aliphatic heterocycles.